The largest absolute Gasteiger partial charge is 0.483 e. The highest BCUT2D eigenvalue weighted by atomic mass is 35.5. The van der Waals surface area contributed by atoms with Gasteiger partial charge in [0.1, 0.15) is 5.75 Å². The predicted octanol–water partition coefficient (Wildman–Crippen LogP) is 5.33. The van der Waals surface area contributed by atoms with Gasteiger partial charge in [-0.1, -0.05) is 29.8 Å². The van der Waals surface area contributed by atoms with Crippen molar-refractivity contribution in [1.82, 2.24) is 0 Å². The molecule has 154 valence electrons. The Morgan fingerprint density at radius 2 is 1.77 bits per heavy atom. The van der Waals surface area contributed by atoms with Crippen molar-refractivity contribution in [3.8, 4) is 11.8 Å². The summed E-state index contributed by atoms with van der Waals surface area (Å²) >= 11 is 5.83. The van der Waals surface area contributed by atoms with Crippen molar-refractivity contribution in [3.63, 3.8) is 0 Å². The van der Waals surface area contributed by atoms with E-state index in [1.54, 1.807) is 54.6 Å². The molecule has 0 unspecified atom stereocenters. The molecule has 7 nitrogen and oxygen atoms in total. The Hall–Kier alpha value is -4.15. The van der Waals surface area contributed by atoms with E-state index in [-0.39, 0.29) is 18.2 Å². The van der Waals surface area contributed by atoms with Gasteiger partial charge in [0.15, 0.2) is 6.61 Å². The van der Waals surface area contributed by atoms with Crippen LogP contribution in [0.25, 0.3) is 11.6 Å². The van der Waals surface area contributed by atoms with E-state index in [2.05, 4.69) is 11.4 Å². The quantitative estimate of drug-likeness (QED) is 0.234. The lowest BCUT2D eigenvalue weighted by atomic mass is 10.0. The second kappa shape index (κ2) is 10.1. The maximum atomic E-state index is 12.2. The molecule has 1 amide bonds. The van der Waals surface area contributed by atoms with Gasteiger partial charge in [-0.3, -0.25) is 14.9 Å². The summed E-state index contributed by atoms with van der Waals surface area (Å²) in [6.07, 6.45) is 1.60. The average Bonchev–Trinajstić information content (AvgIpc) is 2.78. The van der Waals surface area contributed by atoms with Crippen LogP contribution in [0.15, 0.2) is 72.8 Å². The van der Waals surface area contributed by atoms with E-state index < -0.39 is 4.92 Å². The van der Waals surface area contributed by atoms with Crippen LogP contribution in [0, 0.1) is 21.4 Å². The van der Waals surface area contributed by atoms with Crippen LogP contribution in [0.5, 0.6) is 5.75 Å². The molecule has 0 aliphatic rings. The Morgan fingerprint density at radius 1 is 1.10 bits per heavy atom. The first-order valence-corrected chi connectivity index (χ1v) is 9.48. The van der Waals surface area contributed by atoms with Gasteiger partial charge in [-0.15, -0.1) is 0 Å². The van der Waals surface area contributed by atoms with E-state index in [9.17, 15) is 20.2 Å². The summed E-state index contributed by atoms with van der Waals surface area (Å²) in [5, 5.41) is 23.6. The van der Waals surface area contributed by atoms with Gasteiger partial charge in [0.25, 0.3) is 11.6 Å². The van der Waals surface area contributed by atoms with Crippen molar-refractivity contribution in [2.24, 2.45) is 0 Å². The van der Waals surface area contributed by atoms with Crippen LogP contribution in [-0.2, 0) is 4.79 Å². The van der Waals surface area contributed by atoms with Gasteiger partial charge in [-0.25, -0.2) is 0 Å². The standard InChI is InChI=1S/C23H16ClN3O4/c24-19-7-9-20(10-8-19)26-23(28)15-31-22-4-2-1-3-17(22)13-18(14-25)16-5-11-21(12-6-16)27(29)30/h1-13H,15H2,(H,26,28)/b18-13+. The van der Waals surface area contributed by atoms with Gasteiger partial charge in [-0.2, -0.15) is 5.26 Å². The van der Waals surface area contributed by atoms with Gasteiger partial charge < -0.3 is 10.1 Å². The number of benzene rings is 3. The number of hydrogen-bond donors (Lipinski definition) is 1. The van der Waals surface area contributed by atoms with E-state index in [0.717, 1.165) is 0 Å². The van der Waals surface area contributed by atoms with Gasteiger partial charge in [0, 0.05) is 28.4 Å². The van der Waals surface area contributed by atoms with Crippen molar-refractivity contribution < 1.29 is 14.5 Å². The van der Waals surface area contributed by atoms with Gasteiger partial charge in [0.2, 0.25) is 0 Å². The number of anilines is 1. The summed E-state index contributed by atoms with van der Waals surface area (Å²) in [4.78, 5) is 22.5. The van der Waals surface area contributed by atoms with Gasteiger partial charge in [-0.05, 0) is 54.1 Å². The molecule has 0 spiro atoms. The minimum Gasteiger partial charge on any atom is -0.483 e. The summed E-state index contributed by atoms with van der Waals surface area (Å²) in [6, 6.07) is 21.4. The van der Waals surface area contributed by atoms with Crippen molar-refractivity contribution in [3.05, 3.63) is 99.1 Å². The molecular formula is C23H16ClN3O4. The molecule has 0 aliphatic carbocycles. The molecule has 0 fully saturated rings. The van der Waals surface area contributed by atoms with Crippen LogP contribution in [0.3, 0.4) is 0 Å². The molecule has 0 bridgehead atoms. The van der Waals surface area contributed by atoms with Crippen LogP contribution in [0.4, 0.5) is 11.4 Å². The number of nitriles is 1. The normalized spacial score (nSPS) is 10.8. The number of rotatable bonds is 7. The number of nitrogens with one attached hydrogen (secondary N) is 1. The molecule has 0 saturated carbocycles. The molecule has 0 saturated heterocycles. The Kier molecular flexibility index (Phi) is 6.99. The Labute approximate surface area is 183 Å². The van der Waals surface area contributed by atoms with Crippen LogP contribution >= 0.6 is 11.6 Å². The second-order valence-corrected chi connectivity index (χ2v) is 6.79. The van der Waals surface area contributed by atoms with Gasteiger partial charge >= 0.3 is 0 Å². The smallest absolute Gasteiger partial charge is 0.269 e. The number of halogens is 1. The third kappa shape index (κ3) is 5.92. The molecule has 0 atom stereocenters. The molecule has 3 aromatic carbocycles. The highest BCUT2D eigenvalue weighted by Gasteiger charge is 2.10. The number of nitro benzene ring substituents is 1. The number of hydrogen-bond acceptors (Lipinski definition) is 5. The fourth-order valence-corrected chi connectivity index (χ4v) is 2.83. The maximum absolute atomic E-state index is 12.2. The SMILES string of the molecule is N#C/C(=C\c1ccccc1OCC(=O)Nc1ccc(Cl)cc1)c1ccc([N+](=O)[O-])cc1. The number of amides is 1. The van der Waals surface area contributed by atoms with Crippen LogP contribution < -0.4 is 10.1 Å². The Balaban J connectivity index is 1.74. The first kappa shape index (κ1) is 21.6. The zero-order valence-electron chi connectivity index (χ0n) is 16.1. The third-order valence-corrected chi connectivity index (χ3v) is 4.47. The molecule has 0 aromatic heterocycles. The lowest BCUT2D eigenvalue weighted by Gasteiger charge is -2.10. The molecule has 0 radical (unpaired) electrons. The molecule has 8 heteroatoms. The average molecular weight is 434 g/mol. The minimum atomic E-state index is -0.502. The zero-order chi connectivity index (χ0) is 22.2. The van der Waals surface area contributed by atoms with Crippen LogP contribution in [-0.4, -0.2) is 17.4 Å². The Bertz CT molecular complexity index is 1170. The molecular weight excluding hydrogens is 418 g/mol. The van der Waals surface area contributed by atoms with E-state index in [0.29, 0.717) is 33.2 Å². The number of nitrogens with zero attached hydrogens (tertiary/aromatic N) is 2. The number of ether oxygens (including phenoxy) is 1. The summed E-state index contributed by atoms with van der Waals surface area (Å²) in [5.41, 5.74) is 1.96. The van der Waals surface area contributed by atoms with E-state index in [1.165, 1.54) is 24.3 Å². The molecule has 3 aromatic rings. The highest BCUT2D eigenvalue weighted by molar-refractivity contribution is 6.30. The molecule has 0 heterocycles. The lowest BCUT2D eigenvalue weighted by molar-refractivity contribution is -0.384. The lowest BCUT2D eigenvalue weighted by Crippen LogP contribution is -2.20. The summed E-state index contributed by atoms with van der Waals surface area (Å²) < 4.78 is 5.65. The molecule has 0 aliphatic heterocycles. The maximum Gasteiger partial charge on any atom is 0.269 e. The summed E-state index contributed by atoms with van der Waals surface area (Å²) in [6.45, 7) is -0.229. The van der Waals surface area contributed by atoms with Crippen molar-refractivity contribution in [2.45, 2.75) is 0 Å². The minimum absolute atomic E-state index is 0.0588. The van der Waals surface area contributed by atoms with Gasteiger partial charge in [0.05, 0.1) is 16.6 Å². The third-order valence-electron chi connectivity index (χ3n) is 4.22. The fraction of sp³-hybridized carbons (Fsp3) is 0.0435. The summed E-state index contributed by atoms with van der Waals surface area (Å²) in [5.74, 6) is 0.0698. The monoisotopic (exact) mass is 433 g/mol. The Morgan fingerprint density at radius 3 is 2.42 bits per heavy atom. The summed E-state index contributed by atoms with van der Waals surface area (Å²) in [7, 11) is 0. The van der Waals surface area contributed by atoms with Crippen molar-refractivity contribution in [2.75, 3.05) is 11.9 Å². The second-order valence-electron chi connectivity index (χ2n) is 6.36. The number of allylic oxidation sites excluding steroid dienone is 1. The van der Waals surface area contributed by atoms with Crippen LogP contribution in [0.1, 0.15) is 11.1 Å². The number of para-hydroxylation sites is 1. The van der Waals surface area contributed by atoms with E-state index in [4.69, 9.17) is 16.3 Å². The first-order valence-electron chi connectivity index (χ1n) is 9.10. The number of carbonyl (C=O) groups is 1. The zero-order valence-corrected chi connectivity index (χ0v) is 16.9. The first-order chi connectivity index (χ1) is 15.0. The van der Waals surface area contributed by atoms with Crippen molar-refractivity contribution >= 4 is 40.5 Å². The molecule has 1 N–H and O–H groups in total. The number of non-ortho nitro benzene ring substituents is 1. The number of carbonyl (C=O) groups excluding carboxylic acids is 1. The molecule has 31 heavy (non-hydrogen) atoms. The fourth-order valence-electron chi connectivity index (χ4n) is 2.70. The number of nitro groups is 1. The highest BCUT2D eigenvalue weighted by Crippen LogP contribution is 2.26. The predicted molar refractivity (Wildman–Crippen MR) is 119 cm³/mol. The van der Waals surface area contributed by atoms with E-state index in [1.807, 2.05) is 0 Å². The topological polar surface area (TPSA) is 105 Å². The van der Waals surface area contributed by atoms with Crippen molar-refractivity contribution in [1.29, 1.82) is 5.26 Å². The van der Waals surface area contributed by atoms with E-state index >= 15 is 0 Å². The molecule has 3 rings (SSSR count). The van der Waals surface area contributed by atoms with Crippen LogP contribution in [0.2, 0.25) is 5.02 Å².